The van der Waals surface area contributed by atoms with Crippen LogP contribution in [0.3, 0.4) is 0 Å². The molecule has 2 aliphatic rings. The minimum atomic E-state index is -2.00. The van der Waals surface area contributed by atoms with E-state index in [4.69, 9.17) is 77.4 Å². The Labute approximate surface area is 357 Å². The van der Waals surface area contributed by atoms with Gasteiger partial charge >= 0.3 is 24.0 Å². The highest BCUT2D eigenvalue weighted by molar-refractivity contribution is 6.67. The van der Waals surface area contributed by atoms with Crippen LogP contribution >= 0.6 is 34.8 Å². The summed E-state index contributed by atoms with van der Waals surface area (Å²) >= 11 is 17.5. The number of hydrogen-bond acceptors (Lipinski definition) is 14. The van der Waals surface area contributed by atoms with Crippen LogP contribution in [-0.4, -0.2) is 115 Å². The minimum Gasteiger partial charge on any atom is -0.463 e. The van der Waals surface area contributed by atoms with Gasteiger partial charge in [-0.15, -0.1) is 0 Å². The van der Waals surface area contributed by atoms with Crippen molar-refractivity contribution in [2.45, 2.75) is 113 Å². The molecule has 59 heavy (non-hydrogen) atoms. The summed E-state index contributed by atoms with van der Waals surface area (Å²) in [6, 6.07) is 16.3. The lowest BCUT2D eigenvalue weighted by Crippen LogP contribution is -2.70. The lowest BCUT2D eigenvalue weighted by atomic mass is 9.91. The highest BCUT2D eigenvalue weighted by Gasteiger charge is 2.55. The Hall–Kier alpha value is -4.00. The third-order valence-electron chi connectivity index (χ3n) is 8.81. The molecular weight excluding hydrogens is 839 g/mol. The highest BCUT2D eigenvalue weighted by Crippen LogP contribution is 2.34. The van der Waals surface area contributed by atoms with Crippen LogP contribution in [0.15, 0.2) is 72.8 Å². The second-order valence-electron chi connectivity index (χ2n) is 13.6. The number of carbonyl (C=O) groups is 5. The normalized spacial score (nSPS) is 27.0. The van der Waals surface area contributed by atoms with Crippen LogP contribution in [0.4, 0.5) is 4.79 Å². The number of nitrogens with one attached hydrogen (secondary N) is 2. The van der Waals surface area contributed by atoms with Crippen molar-refractivity contribution in [3.8, 4) is 0 Å². The number of carbonyl (C=O) groups excluding carboxylic acids is 5. The molecular formula is C40H49Cl3N2O14. The van der Waals surface area contributed by atoms with Gasteiger partial charge in [0.2, 0.25) is 9.70 Å². The maximum absolute atomic E-state index is 13.3. The van der Waals surface area contributed by atoms with Gasteiger partial charge in [-0.2, -0.15) is 0 Å². The summed E-state index contributed by atoms with van der Waals surface area (Å²) in [7, 11) is 0. The van der Waals surface area contributed by atoms with E-state index in [0.717, 1.165) is 31.9 Å². The van der Waals surface area contributed by atoms with E-state index in [1.807, 2.05) is 60.7 Å². The number of esters is 3. The zero-order chi connectivity index (χ0) is 43.1. The van der Waals surface area contributed by atoms with Crippen LogP contribution in [0, 0.1) is 0 Å². The fourth-order valence-electron chi connectivity index (χ4n) is 6.50. The highest BCUT2D eigenvalue weighted by atomic mass is 35.6. The molecule has 2 aliphatic heterocycles. The Morgan fingerprint density at radius 1 is 0.695 bits per heavy atom. The Kier molecular flexibility index (Phi) is 18.7. The molecule has 10 atom stereocenters. The number of rotatable bonds is 17. The van der Waals surface area contributed by atoms with Crippen molar-refractivity contribution >= 4 is 64.7 Å². The molecule has 0 aliphatic carbocycles. The minimum absolute atomic E-state index is 0.0534. The van der Waals surface area contributed by atoms with Crippen molar-refractivity contribution in [3.05, 3.63) is 83.9 Å². The molecule has 0 spiro atoms. The quantitative estimate of drug-likeness (QED) is 0.0967. The van der Waals surface area contributed by atoms with Gasteiger partial charge in [-0.25, -0.2) is 4.79 Å². The number of hydrogen-bond donors (Lipinski definition) is 2. The lowest BCUT2D eigenvalue weighted by molar-refractivity contribution is -0.319. The number of alkyl carbamates (subject to hydrolysis) is 1. The van der Waals surface area contributed by atoms with Crippen molar-refractivity contribution in [1.82, 2.24) is 10.6 Å². The molecule has 2 aromatic carbocycles. The number of alkyl halides is 3. The summed E-state index contributed by atoms with van der Waals surface area (Å²) in [6.07, 6.45) is -7.59. The number of benzene rings is 2. The van der Waals surface area contributed by atoms with Gasteiger partial charge in [0.25, 0.3) is 0 Å². The van der Waals surface area contributed by atoms with Crippen LogP contribution in [0.25, 0.3) is 0 Å². The molecule has 19 heteroatoms. The van der Waals surface area contributed by atoms with Gasteiger partial charge in [0.15, 0.2) is 18.5 Å². The average Bonchev–Trinajstić information content (AvgIpc) is 3.16. The maximum Gasteiger partial charge on any atom is 0.407 e. The second-order valence-corrected chi connectivity index (χ2v) is 16.1. The van der Waals surface area contributed by atoms with Gasteiger partial charge in [0, 0.05) is 27.7 Å². The predicted molar refractivity (Wildman–Crippen MR) is 212 cm³/mol. The molecule has 6 unspecified atom stereocenters. The number of ether oxygens (including phenoxy) is 9. The largest absolute Gasteiger partial charge is 0.463 e. The molecule has 324 valence electrons. The summed E-state index contributed by atoms with van der Waals surface area (Å²) in [4.78, 5) is 63.3. The van der Waals surface area contributed by atoms with Gasteiger partial charge in [-0.05, 0) is 18.1 Å². The maximum atomic E-state index is 13.3. The van der Waals surface area contributed by atoms with Crippen LogP contribution in [0.5, 0.6) is 0 Å². The zero-order valence-electron chi connectivity index (χ0n) is 33.1. The number of allylic oxidation sites excluding steroid dienone is 1. The number of amides is 2. The molecule has 0 aromatic heterocycles. The molecule has 0 bridgehead atoms. The van der Waals surface area contributed by atoms with Gasteiger partial charge in [-0.1, -0.05) is 108 Å². The van der Waals surface area contributed by atoms with Gasteiger partial charge in [0.05, 0.1) is 32.0 Å². The average molecular weight is 888 g/mol. The predicted octanol–water partition coefficient (Wildman–Crippen LogP) is 4.64. The van der Waals surface area contributed by atoms with E-state index in [2.05, 4.69) is 10.6 Å². The molecule has 2 N–H and O–H groups in total. The molecule has 2 saturated heterocycles. The van der Waals surface area contributed by atoms with E-state index < -0.39 is 108 Å². The molecule has 0 radical (unpaired) electrons. The van der Waals surface area contributed by atoms with E-state index in [0.29, 0.717) is 0 Å². The van der Waals surface area contributed by atoms with Crippen LogP contribution in [-0.2, 0) is 75.0 Å². The molecule has 2 fully saturated rings. The van der Waals surface area contributed by atoms with Gasteiger partial charge in [0.1, 0.15) is 43.7 Å². The first-order valence-electron chi connectivity index (χ1n) is 18.7. The topological polar surface area (TPSA) is 192 Å². The van der Waals surface area contributed by atoms with Crippen molar-refractivity contribution in [2.75, 3.05) is 19.8 Å². The van der Waals surface area contributed by atoms with Crippen molar-refractivity contribution in [1.29, 1.82) is 0 Å². The summed E-state index contributed by atoms with van der Waals surface area (Å²) in [5.74, 6) is -2.77. The summed E-state index contributed by atoms with van der Waals surface area (Å²) < 4.78 is 52.3. The van der Waals surface area contributed by atoms with Crippen LogP contribution in [0.2, 0.25) is 0 Å². The van der Waals surface area contributed by atoms with Gasteiger partial charge < -0.3 is 53.3 Å². The third kappa shape index (κ3) is 15.5. The summed E-state index contributed by atoms with van der Waals surface area (Å²) in [5.41, 5.74) is 1.67. The first kappa shape index (κ1) is 47.7. The Bertz CT molecular complexity index is 1720. The Morgan fingerprint density at radius 2 is 1.29 bits per heavy atom. The second kappa shape index (κ2) is 23.1. The molecule has 2 heterocycles. The molecule has 16 nitrogen and oxygen atoms in total. The fraction of sp³-hybridized carbons (Fsp3) is 0.525. The molecule has 2 aromatic rings. The van der Waals surface area contributed by atoms with E-state index in [1.165, 1.54) is 6.92 Å². The van der Waals surface area contributed by atoms with E-state index in [9.17, 15) is 24.0 Å². The molecule has 2 amide bonds. The fourth-order valence-corrected chi connectivity index (χ4v) is 6.67. The first-order valence-corrected chi connectivity index (χ1v) is 19.8. The van der Waals surface area contributed by atoms with E-state index in [-0.39, 0.29) is 19.8 Å². The SMILES string of the molecule is C/C=C/[C@H]1OC(COCc2ccccc2)[C@@H](O[C@@H]2OC(COC(C)=O)[C@@H](OC(C)=O)C(OC(C)=O)C2NC(=O)OCC(Cl)(Cl)Cl)C(OCc2ccccc2)C1NC(C)=O. The molecule has 4 rings (SSSR count). The summed E-state index contributed by atoms with van der Waals surface area (Å²) in [5, 5.41) is 5.48. The van der Waals surface area contributed by atoms with Crippen molar-refractivity contribution in [2.24, 2.45) is 0 Å². The van der Waals surface area contributed by atoms with Crippen LogP contribution < -0.4 is 10.6 Å². The monoisotopic (exact) mass is 886 g/mol. The lowest BCUT2D eigenvalue weighted by Gasteiger charge is -2.50. The Balaban J connectivity index is 1.84. The third-order valence-corrected chi connectivity index (χ3v) is 9.13. The van der Waals surface area contributed by atoms with Crippen molar-refractivity contribution < 1.29 is 66.6 Å². The van der Waals surface area contributed by atoms with Gasteiger partial charge in [-0.3, -0.25) is 19.2 Å². The summed E-state index contributed by atoms with van der Waals surface area (Å²) in [6.45, 7) is 5.45. The van der Waals surface area contributed by atoms with E-state index >= 15 is 0 Å². The smallest absolute Gasteiger partial charge is 0.407 e. The van der Waals surface area contributed by atoms with Crippen molar-refractivity contribution in [3.63, 3.8) is 0 Å². The molecule has 0 saturated carbocycles. The van der Waals surface area contributed by atoms with E-state index in [1.54, 1.807) is 19.1 Å². The standard InChI is InChI=1S/C40H49Cl3N2O14/c1-6-13-29-32(44-23(2)46)36(53-19-28-16-11-8-12-17-28)34(30(57-29)20-51-18-27-14-9-7-10-15-27)59-38-33(45-39(50)54-22-40(41,42)43)37(56-26(5)49)35(55-25(4)48)31(58-38)21-52-24(3)47/h6-17,29-38H,18-22H2,1-5H3,(H,44,46)(H,45,50)/b13-6+/t29-,30?,31?,32?,33?,34-,35-,36?,37?,38+/m1/s1. The van der Waals surface area contributed by atoms with Crippen LogP contribution in [0.1, 0.15) is 45.7 Å². The Morgan fingerprint density at radius 3 is 1.85 bits per heavy atom. The zero-order valence-corrected chi connectivity index (χ0v) is 35.4. The first-order chi connectivity index (χ1) is 28.0. The number of halogens is 3.